The normalized spacial score (nSPS) is 15.5. The van der Waals surface area contributed by atoms with Gasteiger partial charge in [0.15, 0.2) is 17.4 Å². The second-order valence-corrected chi connectivity index (χ2v) is 20.8. The third kappa shape index (κ3) is 14.1. The summed E-state index contributed by atoms with van der Waals surface area (Å²) in [5.41, 5.74) is 0. The topological polar surface area (TPSA) is 145 Å². The van der Waals surface area contributed by atoms with Crippen LogP contribution in [0.25, 0.3) is 0 Å². The first-order valence-electron chi connectivity index (χ1n) is 17.5. The molecule has 0 bridgehead atoms. The van der Waals surface area contributed by atoms with Crippen molar-refractivity contribution in [2.45, 2.75) is 127 Å². The number of hydrogen-bond donors (Lipinski definition) is 2. The molecule has 2 aromatic heterocycles. The number of aliphatic hydroxyl groups is 2. The van der Waals surface area contributed by atoms with E-state index in [1.807, 2.05) is 0 Å². The Labute approximate surface area is 401 Å². The molecular weight excluding hydrogens is 1190 g/mol. The smallest absolute Gasteiger partial charge is 0.460 e. The van der Waals surface area contributed by atoms with Crippen LogP contribution in [0.3, 0.4) is 0 Å². The van der Waals surface area contributed by atoms with E-state index in [-0.39, 0.29) is 25.3 Å². The van der Waals surface area contributed by atoms with Crippen LogP contribution in [0, 0.1) is 0 Å². The molecule has 0 amide bonds. The van der Waals surface area contributed by atoms with Crippen LogP contribution in [0.2, 0.25) is 0 Å². The zero-order valence-corrected chi connectivity index (χ0v) is 38.0. The van der Waals surface area contributed by atoms with Gasteiger partial charge >= 0.3 is 83.5 Å². The first-order valence-corrected chi connectivity index (χ1v) is 23.0. The number of carbonyl (C=O) groups is 2. The molecule has 0 radical (unpaired) electrons. The summed E-state index contributed by atoms with van der Waals surface area (Å²) in [6.07, 6.45) is -28.7. The summed E-state index contributed by atoms with van der Waals surface area (Å²) in [4.78, 5) is 23.8. The van der Waals surface area contributed by atoms with Crippen LogP contribution in [0.1, 0.15) is 25.7 Å². The minimum Gasteiger partial charge on any atom is -0.463 e. The molecule has 2 aromatic rings. The molecule has 0 aromatic carbocycles. The quantitative estimate of drug-likeness (QED) is 0.0361. The molecular formula is C29H22F26N4O6S6. The minimum absolute atomic E-state index is 0.165. The fourth-order valence-electron chi connectivity index (χ4n) is 4.29. The predicted molar refractivity (Wildman–Crippen MR) is 192 cm³/mol. The van der Waals surface area contributed by atoms with E-state index in [9.17, 15) is 134 Å². The van der Waals surface area contributed by atoms with Crippen LogP contribution in [0.4, 0.5) is 114 Å². The number of nitrogens with zero attached hydrogens (tertiary/aromatic N) is 4. The lowest BCUT2D eigenvalue weighted by atomic mass is 9.91. The molecule has 0 saturated carbocycles. The minimum atomic E-state index is -8.13. The van der Waals surface area contributed by atoms with Gasteiger partial charge in [-0.3, -0.25) is 9.59 Å². The molecule has 71 heavy (non-hydrogen) atoms. The van der Waals surface area contributed by atoms with Crippen molar-refractivity contribution in [1.29, 1.82) is 0 Å². The number of esters is 2. The van der Waals surface area contributed by atoms with Gasteiger partial charge in [0.2, 0.25) is 0 Å². The van der Waals surface area contributed by atoms with Gasteiger partial charge in [0, 0.05) is 24.3 Å². The first-order chi connectivity index (χ1) is 31.7. The van der Waals surface area contributed by atoms with Crippen molar-refractivity contribution in [3.8, 4) is 0 Å². The SMILES string of the molecule is O=C(CCSc1nnc(SCSc2nnc(SCCC(=O)OCC(O)CC(F)(F)C(F)(F)C(F)(F)C(F)(F)C(F)(F)C(F)(F)F)s2)s1)OCC(O)CC(F)(F)C(F)(F)C(F)(F)C(F)(F)C(F)(F)C(F)(F)F. The molecule has 2 atom stereocenters. The zero-order chi connectivity index (χ0) is 55.5. The van der Waals surface area contributed by atoms with Crippen molar-refractivity contribution in [2.24, 2.45) is 0 Å². The van der Waals surface area contributed by atoms with Crippen LogP contribution in [0.5, 0.6) is 0 Å². The van der Waals surface area contributed by atoms with Gasteiger partial charge in [0.25, 0.3) is 0 Å². The standard InChI is InChI=1S/C29H22F26N4O6S6/c30-18(31,20(34,35)22(38,39)24(42,43)26(46,47)28(50,51)52)5-10(60)7-64-12(62)1-3-66-14-56-58-16(70-14)68-9-69-17-59-57-15(71-17)67-4-2-13(63)65-8-11(61)6-19(32,33)21(36,37)23(40,41)25(44,45)27(48,49)29(53,54)55/h10-11,60-61H,1-9H2. The van der Waals surface area contributed by atoms with E-state index in [1.54, 1.807) is 0 Å². The van der Waals surface area contributed by atoms with Crippen LogP contribution in [0.15, 0.2) is 17.4 Å². The number of ether oxygens (including phenoxy) is 2. The largest absolute Gasteiger partial charge is 0.463 e. The highest BCUT2D eigenvalue weighted by molar-refractivity contribution is 8.17. The monoisotopic (exact) mass is 1210 g/mol. The number of halogens is 26. The number of hydrogen-bond acceptors (Lipinski definition) is 16. The van der Waals surface area contributed by atoms with Crippen LogP contribution >= 0.6 is 69.7 Å². The number of aromatic nitrogens is 4. The molecule has 0 aliphatic heterocycles. The maximum Gasteiger partial charge on any atom is 0.460 e. The van der Waals surface area contributed by atoms with Gasteiger partial charge < -0.3 is 19.7 Å². The molecule has 412 valence electrons. The van der Waals surface area contributed by atoms with E-state index in [0.29, 0.717) is 8.68 Å². The Balaban J connectivity index is 1.76. The molecule has 0 fully saturated rings. The molecule has 2 N–H and O–H groups in total. The Morgan fingerprint density at radius 2 is 0.676 bits per heavy atom. The average Bonchev–Trinajstić information content (AvgIpc) is 3.86. The molecule has 2 rings (SSSR count). The summed E-state index contributed by atoms with van der Waals surface area (Å²) < 4.78 is 354. The summed E-state index contributed by atoms with van der Waals surface area (Å²) in [5, 5.41) is 34.3. The number of alkyl halides is 26. The maximum absolute atomic E-state index is 14.0. The van der Waals surface area contributed by atoms with Crippen molar-refractivity contribution < 1.29 is 143 Å². The van der Waals surface area contributed by atoms with Crippen molar-refractivity contribution in [2.75, 3.05) is 29.8 Å². The maximum atomic E-state index is 14.0. The van der Waals surface area contributed by atoms with Crippen molar-refractivity contribution in [3.05, 3.63) is 0 Å². The van der Waals surface area contributed by atoms with Gasteiger partial charge in [-0.1, -0.05) is 69.7 Å². The summed E-state index contributed by atoms with van der Waals surface area (Å²) in [7, 11) is 0. The molecule has 0 aliphatic carbocycles. The second kappa shape index (κ2) is 22.8. The Morgan fingerprint density at radius 1 is 0.423 bits per heavy atom. The number of aliphatic hydroxyl groups excluding tert-OH is 2. The highest BCUT2D eigenvalue weighted by Gasteiger charge is 2.92. The molecule has 10 nitrogen and oxygen atoms in total. The lowest BCUT2D eigenvalue weighted by Gasteiger charge is -2.40. The number of rotatable bonds is 28. The summed E-state index contributed by atoms with van der Waals surface area (Å²) in [6.45, 7) is -3.41. The van der Waals surface area contributed by atoms with Gasteiger partial charge in [-0.05, 0) is 0 Å². The van der Waals surface area contributed by atoms with Gasteiger partial charge in [0.1, 0.15) is 13.2 Å². The fourth-order valence-corrected chi connectivity index (χ4v) is 10.8. The van der Waals surface area contributed by atoms with E-state index >= 15 is 0 Å². The van der Waals surface area contributed by atoms with Gasteiger partial charge in [0.05, 0.1) is 30.1 Å². The Kier molecular flexibility index (Phi) is 20.8. The Bertz CT molecular complexity index is 1950. The first kappa shape index (κ1) is 64.7. The summed E-state index contributed by atoms with van der Waals surface area (Å²) >= 11 is 5.55. The molecule has 2 heterocycles. The fraction of sp³-hybridized carbons (Fsp3) is 0.793. The third-order valence-electron chi connectivity index (χ3n) is 8.06. The van der Waals surface area contributed by atoms with E-state index in [4.69, 9.17) is 0 Å². The summed E-state index contributed by atoms with van der Waals surface area (Å²) in [6, 6.07) is 0. The second-order valence-electron chi connectivity index (χ2n) is 13.4. The van der Waals surface area contributed by atoms with Crippen LogP contribution < -0.4 is 0 Å². The molecule has 0 spiro atoms. The number of carbonyl (C=O) groups excluding carboxylic acids is 2. The van der Waals surface area contributed by atoms with Crippen LogP contribution in [-0.2, 0) is 19.1 Å². The Hall–Kier alpha value is -2.44. The Morgan fingerprint density at radius 3 is 0.944 bits per heavy atom. The van der Waals surface area contributed by atoms with E-state index in [0.717, 1.165) is 69.7 Å². The van der Waals surface area contributed by atoms with Gasteiger partial charge in [-0.2, -0.15) is 114 Å². The average molecular weight is 1210 g/mol. The third-order valence-corrected chi connectivity index (χ3v) is 14.6. The van der Waals surface area contributed by atoms with Gasteiger partial charge in [-0.15, -0.1) is 20.4 Å². The van der Waals surface area contributed by atoms with E-state index < -0.39 is 135 Å². The highest BCUT2D eigenvalue weighted by atomic mass is 32.2. The summed E-state index contributed by atoms with van der Waals surface area (Å²) in [5.74, 6) is -80.0. The highest BCUT2D eigenvalue weighted by Crippen LogP contribution is 2.62. The van der Waals surface area contributed by atoms with Crippen molar-refractivity contribution >= 4 is 81.7 Å². The predicted octanol–water partition coefficient (Wildman–Crippen LogP) is 11.3. The lowest BCUT2D eigenvalue weighted by molar-refractivity contribution is -0.440. The van der Waals surface area contributed by atoms with Gasteiger partial charge in [-0.25, -0.2) is 0 Å². The van der Waals surface area contributed by atoms with Crippen LogP contribution in [-0.4, -0.2) is 156 Å². The molecule has 2 unspecified atom stereocenters. The molecule has 0 saturated heterocycles. The van der Waals surface area contributed by atoms with E-state index in [2.05, 4.69) is 29.9 Å². The van der Waals surface area contributed by atoms with Crippen molar-refractivity contribution in [1.82, 2.24) is 20.4 Å². The molecule has 42 heteroatoms. The molecule has 0 aliphatic rings. The van der Waals surface area contributed by atoms with Crippen molar-refractivity contribution in [3.63, 3.8) is 0 Å². The number of thioether (sulfide) groups is 4. The zero-order valence-electron chi connectivity index (χ0n) is 33.1. The van der Waals surface area contributed by atoms with E-state index in [1.165, 1.54) is 0 Å². The lowest BCUT2D eigenvalue weighted by Crippen LogP contribution is -2.70.